The van der Waals surface area contributed by atoms with E-state index in [0.717, 1.165) is 0 Å². The molecule has 0 radical (unpaired) electrons. The molecule has 0 saturated carbocycles. The molecule has 0 aromatic carbocycles. The highest BCUT2D eigenvalue weighted by Crippen LogP contribution is 2.17. The van der Waals surface area contributed by atoms with Crippen LogP contribution in [0.5, 0.6) is 0 Å². The number of likely N-dealkylation sites (tertiary alicyclic amines) is 1. The summed E-state index contributed by atoms with van der Waals surface area (Å²) >= 11 is 0. The Bertz CT molecular complexity index is 449. The number of hydrogen-bond acceptors (Lipinski definition) is 5. The molecule has 2 atom stereocenters. The van der Waals surface area contributed by atoms with E-state index in [2.05, 4.69) is 5.32 Å². The summed E-state index contributed by atoms with van der Waals surface area (Å²) in [6, 6.07) is -0.450. The number of carbonyl (C=O) groups excluding carboxylic acids is 4. The maximum Gasteiger partial charge on any atom is 0.232 e. The standard InChI is InChI=1S/C15H24N2O5/c1-4-12(11(3)18)16-13(19)5-7-22-8-6-17-14(20)9-10(2)15(17)21/h10,12H,4-9H2,1-3H3,(H,16,19). The van der Waals surface area contributed by atoms with E-state index in [9.17, 15) is 19.2 Å². The quantitative estimate of drug-likeness (QED) is 0.487. The molecular formula is C15H24N2O5. The van der Waals surface area contributed by atoms with Gasteiger partial charge in [0.05, 0.1) is 25.8 Å². The molecule has 1 fully saturated rings. The lowest BCUT2D eigenvalue weighted by molar-refractivity contribution is -0.140. The first-order valence-corrected chi connectivity index (χ1v) is 7.58. The first kappa shape index (κ1) is 18.3. The summed E-state index contributed by atoms with van der Waals surface area (Å²) < 4.78 is 5.28. The molecule has 0 spiro atoms. The van der Waals surface area contributed by atoms with Gasteiger partial charge in [-0.25, -0.2) is 0 Å². The Morgan fingerprint density at radius 2 is 2.05 bits per heavy atom. The number of nitrogens with zero attached hydrogens (tertiary/aromatic N) is 1. The minimum absolute atomic E-state index is 0.0723. The fraction of sp³-hybridized carbons (Fsp3) is 0.733. The lowest BCUT2D eigenvalue weighted by atomic mass is 10.1. The molecule has 1 saturated heterocycles. The van der Waals surface area contributed by atoms with Gasteiger partial charge in [0.2, 0.25) is 17.7 Å². The number of amides is 3. The molecule has 1 N–H and O–H groups in total. The van der Waals surface area contributed by atoms with Crippen molar-refractivity contribution in [1.29, 1.82) is 0 Å². The minimum atomic E-state index is -0.450. The van der Waals surface area contributed by atoms with Crippen molar-refractivity contribution in [2.45, 2.75) is 46.1 Å². The number of nitrogens with one attached hydrogen (secondary N) is 1. The van der Waals surface area contributed by atoms with Crippen molar-refractivity contribution >= 4 is 23.5 Å². The molecule has 1 aliphatic heterocycles. The van der Waals surface area contributed by atoms with Crippen LogP contribution in [-0.4, -0.2) is 54.2 Å². The summed E-state index contributed by atoms with van der Waals surface area (Å²) in [6.07, 6.45) is 0.950. The van der Waals surface area contributed by atoms with Gasteiger partial charge >= 0.3 is 0 Å². The smallest absolute Gasteiger partial charge is 0.232 e. The van der Waals surface area contributed by atoms with Crippen molar-refractivity contribution in [3.63, 3.8) is 0 Å². The maximum atomic E-state index is 11.7. The van der Waals surface area contributed by atoms with E-state index in [4.69, 9.17) is 4.74 Å². The van der Waals surface area contributed by atoms with Gasteiger partial charge in [-0.1, -0.05) is 13.8 Å². The first-order chi connectivity index (χ1) is 10.4. The molecule has 124 valence electrons. The molecule has 7 heteroatoms. The average Bonchev–Trinajstić information content (AvgIpc) is 2.70. The van der Waals surface area contributed by atoms with Crippen LogP contribution in [0.1, 0.15) is 40.0 Å². The Hall–Kier alpha value is -1.76. The highest BCUT2D eigenvalue weighted by molar-refractivity contribution is 6.03. The molecule has 1 rings (SSSR count). The second-order valence-electron chi connectivity index (χ2n) is 5.49. The number of rotatable bonds is 9. The second-order valence-corrected chi connectivity index (χ2v) is 5.49. The Kier molecular flexibility index (Phi) is 7.17. The summed E-state index contributed by atoms with van der Waals surface area (Å²) in [4.78, 5) is 47.2. The lowest BCUT2D eigenvalue weighted by Crippen LogP contribution is -2.39. The molecule has 22 heavy (non-hydrogen) atoms. The molecule has 2 unspecified atom stereocenters. The zero-order valence-electron chi connectivity index (χ0n) is 13.4. The van der Waals surface area contributed by atoms with Crippen LogP contribution in [0.2, 0.25) is 0 Å². The van der Waals surface area contributed by atoms with Crippen LogP contribution in [0.3, 0.4) is 0 Å². The number of hydrogen-bond donors (Lipinski definition) is 1. The van der Waals surface area contributed by atoms with Gasteiger partial charge in [-0.2, -0.15) is 0 Å². The normalized spacial score (nSPS) is 19.4. The number of imide groups is 1. The van der Waals surface area contributed by atoms with E-state index >= 15 is 0 Å². The van der Waals surface area contributed by atoms with Crippen LogP contribution >= 0.6 is 0 Å². The molecule has 3 amide bonds. The van der Waals surface area contributed by atoms with Crippen molar-refractivity contribution in [3.8, 4) is 0 Å². The summed E-state index contributed by atoms with van der Waals surface area (Å²) in [5.74, 6) is -0.915. The molecule has 7 nitrogen and oxygen atoms in total. The van der Waals surface area contributed by atoms with Crippen LogP contribution in [0.15, 0.2) is 0 Å². The predicted octanol–water partition coefficient (Wildman–Crippen LogP) is 0.272. The fourth-order valence-electron chi connectivity index (χ4n) is 2.26. The number of ether oxygens (including phenoxy) is 1. The summed E-state index contributed by atoms with van der Waals surface area (Å²) in [5.41, 5.74) is 0. The predicted molar refractivity (Wildman–Crippen MR) is 78.8 cm³/mol. The molecule has 1 aliphatic rings. The summed E-state index contributed by atoms with van der Waals surface area (Å²) in [5, 5.41) is 2.63. The Balaban J connectivity index is 2.18. The van der Waals surface area contributed by atoms with Gasteiger partial charge in [-0.15, -0.1) is 0 Å². The number of carbonyl (C=O) groups is 4. The third-order valence-corrected chi connectivity index (χ3v) is 3.64. The molecule has 0 aromatic rings. The Morgan fingerprint density at radius 1 is 1.36 bits per heavy atom. The monoisotopic (exact) mass is 312 g/mol. The maximum absolute atomic E-state index is 11.7. The SMILES string of the molecule is CCC(NC(=O)CCOCCN1C(=O)CC(C)C1=O)C(C)=O. The van der Waals surface area contributed by atoms with Crippen LogP contribution in [0.25, 0.3) is 0 Å². The van der Waals surface area contributed by atoms with Crippen molar-refractivity contribution in [1.82, 2.24) is 10.2 Å². The van der Waals surface area contributed by atoms with Gasteiger partial charge in [0.15, 0.2) is 5.78 Å². The van der Waals surface area contributed by atoms with Crippen LogP contribution in [0, 0.1) is 5.92 Å². The highest BCUT2D eigenvalue weighted by Gasteiger charge is 2.34. The largest absolute Gasteiger partial charge is 0.379 e. The topological polar surface area (TPSA) is 92.8 Å². The van der Waals surface area contributed by atoms with Crippen molar-refractivity contribution in [2.75, 3.05) is 19.8 Å². The van der Waals surface area contributed by atoms with E-state index in [0.29, 0.717) is 6.42 Å². The van der Waals surface area contributed by atoms with E-state index in [-0.39, 0.29) is 62.0 Å². The molecule has 0 bridgehead atoms. The Labute approximate surface area is 130 Å². The zero-order chi connectivity index (χ0) is 16.7. The third kappa shape index (κ3) is 5.22. The minimum Gasteiger partial charge on any atom is -0.379 e. The van der Waals surface area contributed by atoms with Crippen molar-refractivity contribution in [3.05, 3.63) is 0 Å². The van der Waals surface area contributed by atoms with Crippen molar-refractivity contribution in [2.24, 2.45) is 5.92 Å². The third-order valence-electron chi connectivity index (χ3n) is 3.64. The molecule has 0 aromatic heterocycles. The summed E-state index contributed by atoms with van der Waals surface area (Å²) in [7, 11) is 0. The second kappa shape index (κ2) is 8.63. The first-order valence-electron chi connectivity index (χ1n) is 7.58. The molecule has 1 heterocycles. The Morgan fingerprint density at radius 3 is 2.55 bits per heavy atom. The van der Waals surface area contributed by atoms with Crippen LogP contribution in [0.4, 0.5) is 0 Å². The van der Waals surface area contributed by atoms with Gasteiger partial charge in [-0.05, 0) is 13.3 Å². The molecular weight excluding hydrogens is 288 g/mol. The lowest BCUT2D eigenvalue weighted by Gasteiger charge is -2.15. The summed E-state index contributed by atoms with van der Waals surface area (Å²) in [6.45, 7) is 5.61. The van der Waals surface area contributed by atoms with Gasteiger partial charge in [0.25, 0.3) is 0 Å². The highest BCUT2D eigenvalue weighted by atomic mass is 16.5. The van der Waals surface area contributed by atoms with Crippen LogP contribution < -0.4 is 5.32 Å². The van der Waals surface area contributed by atoms with Gasteiger partial charge in [-0.3, -0.25) is 24.1 Å². The van der Waals surface area contributed by atoms with Crippen LogP contribution in [-0.2, 0) is 23.9 Å². The average molecular weight is 312 g/mol. The number of Topliss-reactive ketones (excluding diaryl/α,β-unsaturated/α-hetero) is 1. The van der Waals surface area contributed by atoms with Crippen molar-refractivity contribution < 1.29 is 23.9 Å². The van der Waals surface area contributed by atoms with Gasteiger partial charge in [0.1, 0.15) is 0 Å². The van der Waals surface area contributed by atoms with Gasteiger partial charge < -0.3 is 10.1 Å². The molecule has 0 aliphatic carbocycles. The number of ketones is 1. The fourth-order valence-corrected chi connectivity index (χ4v) is 2.26. The van der Waals surface area contributed by atoms with Gasteiger partial charge in [0, 0.05) is 18.8 Å². The zero-order valence-corrected chi connectivity index (χ0v) is 13.4. The van der Waals surface area contributed by atoms with E-state index in [1.165, 1.54) is 11.8 Å². The van der Waals surface area contributed by atoms with E-state index in [1.54, 1.807) is 6.92 Å². The van der Waals surface area contributed by atoms with E-state index in [1.807, 2.05) is 6.92 Å². The van der Waals surface area contributed by atoms with E-state index < -0.39 is 6.04 Å².